The number of ketones is 3. The minimum Gasteiger partial charge on any atom is -0.508 e. The second-order valence-corrected chi connectivity index (χ2v) is 16.3. The number of hydrogen-bond donors (Lipinski definition) is 2. The molecular formula is C62H50F2O9. The molecule has 0 aromatic heterocycles. The zero-order valence-corrected chi connectivity index (χ0v) is 38.6. The van der Waals surface area contributed by atoms with Crippen LogP contribution in [0.15, 0.2) is 218 Å². The van der Waals surface area contributed by atoms with Crippen molar-refractivity contribution in [2.24, 2.45) is 0 Å². The Bertz CT molecular complexity index is 3060. The fourth-order valence-electron chi connectivity index (χ4n) is 7.21. The van der Waals surface area contributed by atoms with Crippen LogP contribution in [0.25, 0.3) is 0 Å². The fraction of sp³-hybridized carbons (Fsp3) is 0.0806. The molecule has 2 N–H and O–H groups in total. The van der Waals surface area contributed by atoms with Gasteiger partial charge in [0.05, 0.1) is 6.61 Å². The summed E-state index contributed by atoms with van der Waals surface area (Å²) in [6.07, 6.45) is 3.03. The van der Waals surface area contributed by atoms with Gasteiger partial charge < -0.3 is 29.2 Å². The van der Waals surface area contributed by atoms with Crippen molar-refractivity contribution in [1.29, 1.82) is 0 Å². The zero-order chi connectivity index (χ0) is 50.2. The minimum atomic E-state index is -0.393. The van der Waals surface area contributed by atoms with E-state index in [1.165, 1.54) is 54.1 Å². The highest BCUT2D eigenvalue weighted by molar-refractivity contribution is 6.10. The van der Waals surface area contributed by atoms with Crippen LogP contribution >= 0.6 is 0 Å². The maximum Gasteiger partial charge on any atom is 0.193 e. The van der Waals surface area contributed by atoms with Crippen LogP contribution in [0.3, 0.4) is 0 Å². The number of phenolic OH excluding ortho intramolecular Hbond substituents is 2. The Kier molecular flexibility index (Phi) is 17.6. The van der Waals surface area contributed by atoms with Gasteiger partial charge in [0.1, 0.15) is 63.4 Å². The number of carbonyl (C=O) groups is 3. The molecule has 0 amide bonds. The van der Waals surface area contributed by atoms with Gasteiger partial charge in [-0.25, -0.2) is 8.78 Å². The summed E-state index contributed by atoms with van der Waals surface area (Å²) in [6.45, 7) is 0.692. The van der Waals surface area contributed by atoms with Crippen LogP contribution < -0.4 is 18.9 Å². The fourth-order valence-corrected chi connectivity index (χ4v) is 7.21. The molecule has 0 saturated heterocycles. The first-order chi connectivity index (χ1) is 35.0. The third kappa shape index (κ3) is 14.8. The monoisotopic (exact) mass is 976 g/mol. The largest absolute Gasteiger partial charge is 0.508 e. The molecule has 73 heavy (non-hydrogen) atoms. The van der Waals surface area contributed by atoms with Gasteiger partial charge in [0.15, 0.2) is 17.3 Å². The Balaban J connectivity index is 0.000000166. The molecule has 5 heterocycles. The molecule has 0 aliphatic carbocycles. The lowest BCUT2D eigenvalue weighted by molar-refractivity contribution is 0.103. The number of hydrogen-bond acceptors (Lipinski definition) is 9. The van der Waals surface area contributed by atoms with E-state index in [0.29, 0.717) is 68.7 Å². The molecule has 0 fully saturated rings. The molecule has 0 spiro atoms. The second kappa shape index (κ2) is 25.0. The van der Waals surface area contributed by atoms with Crippen LogP contribution in [0.2, 0.25) is 0 Å². The molecule has 6 bridgehead atoms. The Labute approximate surface area is 422 Å². The molecule has 0 atom stereocenters. The molecule has 9 aromatic rings. The van der Waals surface area contributed by atoms with Crippen molar-refractivity contribution >= 4 is 17.3 Å². The summed E-state index contributed by atoms with van der Waals surface area (Å²) in [4.78, 5) is 37.2. The van der Waals surface area contributed by atoms with E-state index in [4.69, 9.17) is 18.9 Å². The van der Waals surface area contributed by atoms with Crippen molar-refractivity contribution in [1.82, 2.24) is 0 Å². The van der Waals surface area contributed by atoms with Gasteiger partial charge in [0.25, 0.3) is 0 Å². The first-order valence-electron chi connectivity index (χ1n) is 22.9. The molecule has 9 aromatic carbocycles. The summed E-state index contributed by atoms with van der Waals surface area (Å²) in [6, 6.07) is 59.8. The number of fused-ring (bicyclic) bond motifs is 1. The molecule has 9 nitrogen and oxygen atoms in total. The Hall–Kier alpha value is -9.35. The van der Waals surface area contributed by atoms with Gasteiger partial charge in [0, 0.05) is 33.4 Å². The highest BCUT2D eigenvalue weighted by Crippen LogP contribution is 2.28. The normalized spacial score (nSPS) is 11.6. The van der Waals surface area contributed by atoms with E-state index in [1.807, 2.05) is 60.7 Å². The quantitative estimate of drug-likeness (QED) is 0.143. The van der Waals surface area contributed by atoms with Crippen LogP contribution in [0.4, 0.5) is 8.78 Å². The number of aromatic hydroxyl groups is 2. The van der Waals surface area contributed by atoms with Crippen LogP contribution in [0.5, 0.6) is 51.7 Å². The molecule has 5 aliphatic heterocycles. The SMILES string of the molecule is C.O=C(c1ccc(F)cc1)c1ccc(F)cc1.O=C(c1ccc(Oc2ccc(O)cc2)cc1)c1ccc(Oc2ccc(O)cc2)cc1.O=C1c2ccc(cc2)CCCCOc2ccc(cc2)Oc2ccc1cc2. The first-order valence-corrected chi connectivity index (χ1v) is 22.9. The van der Waals surface area contributed by atoms with Gasteiger partial charge >= 0.3 is 0 Å². The highest BCUT2D eigenvalue weighted by Gasteiger charge is 2.13. The van der Waals surface area contributed by atoms with E-state index in [0.717, 1.165) is 30.8 Å². The smallest absolute Gasteiger partial charge is 0.193 e. The lowest BCUT2D eigenvalue weighted by Gasteiger charge is -2.09. The van der Waals surface area contributed by atoms with Crippen molar-refractivity contribution in [2.45, 2.75) is 26.7 Å². The molecule has 0 radical (unpaired) electrons. The maximum absolute atomic E-state index is 12.7. The number of halogens is 2. The second-order valence-electron chi connectivity index (χ2n) is 16.3. The van der Waals surface area contributed by atoms with E-state index in [2.05, 4.69) is 0 Å². The molecule has 5 aliphatic rings. The number of aryl methyl sites for hydroxylation is 1. The summed E-state index contributed by atoms with van der Waals surface area (Å²) in [5, 5.41) is 18.6. The topological polar surface area (TPSA) is 129 Å². The summed E-state index contributed by atoms with van der Waals surface area (Å²) >= 11 is 0. The Morgan fingerprint density at radius 3 is 1.14 bits per heavy atom. The summed E-state index contributed by atoms with van der Waals surface area (Å²) in [5.41, 5.74) is 4.46. The lowest BCUT2D eigenvalue weighted by atomic mass is 10.0. The Morgan fingerprint density at radius 2 is 0.740 bits per heavy atom. The van der Waals surface area contributed by atoms with Gasteiger partial charge in [-0.3, -0.25) is 14.4 Å². The third-order valence-electron chi connectivity index (χ3n) is 11.1. The molecule has 14 rings (SSSR count). The molecule has 0 unspecified atom stereocenters. The van der Waals surface area contributed by atoms with Crippen molar-refractivity contribution < 1.29 is 52.3 Å². The minimum absolute atomic E-state index is 0. The van der Waals surface area contributed by atoms with E-state index in [-0.39, 0.29) is 36.3 Å². The predicted molar refractivity (Wildman–Crippen MR) is 277 cm³/mol. The van der Waals surface area contributed by atoms with Crippen molar-refractivity contribution in [3.63, 3.8) is 0 Å². The third-order valence-corrected chi connectivity index (χ3v) is 11.1. The van der Waals surface area contributed by atoms with Gasteiger partial charge in [0.2, 0.25) is 0 Å². The number of benzene rings is 9. The average Bonchev–Trinajstić information content (AvgIpc) is 3.41. The van der Waals surface area contributed by atoms with Gasteiger partial charge in [-0.2, -0.15) is 0 Å². The molecule has 366 valence electrons. The lowest BCUT2D eigenvalue weighted by Crippen LogP contribution is -2.01. The summed E-state index contributed by atoms with van der Waals surface area (Å²) in [7, 11) is 0. The van der Waals surface area contributed by atoms with Crippen molar-refractivity contribution in [3.8, 4) is 51.7 Å². The van der Waals surface area contributed by atoms with E-state index < -0.39 is 11.6 Å². The van der Waals surface area contributed by atoms with Gasteiger partial charge in [-0.1, -0.05) is 31.7 Å². The summed E-state index contributed by atoms with van der Waals surface area (Å²) in [5.74, 6) is 3.88. The Morgan fingerprint density at radius 1 is 0.411 bits per heavy atom. The van der Waals surface area contributed by atoms with Gasteiger partial charge in [-0.15, -0.1) is 0 Å². The first kappa shape index (κ1) is 51.5. The zero-order valence-electron chi connectivity index (χ0n) is 38.6. The predicted octanol–water partition coefficient (Wildman–Crippen LogP) is 15.2. The molecule has 11 heteroatoms. The summed E-state index contributed by atoms with van der Waals surface area (Å²) < 4.78 is 48.3. The highest BCUT2D eigenvalue weighted by atomic mass is 19.1. The number of rotatable bonds is 8. The van der Waals surface area contributed by atoms with Crippen LogP contribution in [0.1, 0.15) is 73.6 Å². The molecule has 0 saturated carbocycles. The number of ether oxygens (including phenoxy) is 4. The van der Waals surface area contributed by atoms with Crippen LogP contribution in [-0.2, 0) is 6.42 Å². The van der Waals surface area contributed by atoms with E-state index >= 15 is 0 Å². The van der Waals surface area contributed by atoms with Crippen molar-refractivity contribution in [2.75, 3.05) is 6.61 Å². The van der Waals surface area contributed by atoms with Gasteiger partial charge in [-0.05, 0) is 219 Å². The number of phenols is 2. The van der Waals surface area contributed by atoms with E-state index in [1.54, 1.807) is 109 Å². The van der Waals surface area contributed by atoms with Crippen LogP contribution in [-0.4, -0.2) is 34.2 Å². The number of carbonyl (C=O) groups excluding carboxylic acids is 3. The average molecular weight is 977 g/mol. The molecular weight excluding hydrogens is 927 g/mol. The maximum atomic E-state index is 12.7. The van der Waals surface area contributed by atoms with Crippen molar-refractivity contribution in [3.05, 3.63) is 269 Å². The van der Waals surface area contributed by atoms with Crippen LogP contribution in [0, 0.1) is 11.6 Å². The standard InChI is InChI=1S/C25H18O5.C23H20O3.C13H8F2O.CH4/c26-19-5-13-23(14-6-19)29-21-9-1-17(2-10-21)25(28)18-3-11-22(12-4-18)30-24-15-7-20(27)8-16-24;24-23-18-6-4-17(5-7-18)3-1-2-16-25-20-12-14-22(15-13-20)26-21-10-8-19(23)9-11-21;14-11-5-1-9(2-6-11)13(16)10-3-7-12(15)8-4-10;/h1-16,26-27H;4-15H,1-3,16H2;1-8H;1H4. The van der Waals surface area contributed by atoms with E-state index in [9.17, 15) is 33.4 Å².